The minimum absolute atomic E-state index is 0.0340. The van der Waals surface area contributed by atoms with Gasteiger partial charge in [0.05, 0.1) is 33.6 Å². The summed E-state index contributed by atoms with van der Waals surface area (Å²) in [6, 6.07) is 70.3. The van der Waals surface area contributed by atoms with Gasteiger partial charge in [-0.3, -0.25) is 19.2 Å². The van der Waals surface area contributed by atoms with Crippen LogP contribution in [-0.2, 0) is 9.59 Å². The second-order valence-corrected chi connectivity index (χ2v) is 22.0. The number of hydrogen-bond acceptors (Lipinski definition) is 9. The molecular weight excluding hydrogens is 1080 g/mol. The zero-order valence-electron chi connectivity index (χ0n) is 45.3. The highest BCUT2D eigenvalue weighted by molar-refractivity contribution is 6.23. The number of hydrogen-bond donors (Lipinski definition) is 6. The van der Waals surface area contributed by atoms with E-state index < -0.39 is 11.8 Å². The summed E-state index contributed by atoms with van der Waals surface area (Å²) in [7, 11) is 0. The topological polar surface area (TPSA) is 229 Å². The Balaban J connectivity index is 0.000000119. The van der Waals surface area contributed by atoms with E-state index in [1.54, 1.807) is 48.5 Å². The molecular formula is C68H63Cl2N8O5+. The van der Waals surface area contributed by atoms with E-state index in [9.17, 15) is 24.0 Å². The van der Waals surface area contributed by atoms with Gasteiger partial charge >= 0.3 is 5.24 Å². The van der Waals surface area contributed by atoms with Crippen LogP contribution in [0, 0.1) is 29.4 Å². The minimum atomic E-state index is -0.540. The number of amidine groups is 1. The number of aromatic nitrogens is 2. The first kappa shape index (κ1) is 57.1. The smallest absolute Gasteiger partial charge is 0.398 e. The van der Waals surface area contributed by atoms with E-state index in [0.29, 0.717) is 57.5 Å². The van der Waals surface area contributed by atoms with Gasteiger partial charge < -0.3 is 32.8 Å². The van der Waals surface area contributed by atoms with Crippen molar-refractivity contribution in [2.45, 2.75) is 60.8 Å². The summed E-state index contributed by atoms with van der Waals surface area (Å²) in [6.07, 6.45) is 4.01. The summed E-state index contributed by atoms with van der Waals surface area (Å²) < 4.78 is 0. The van der Waals surface area contributed by atoms with Crippen molar-refractivity contribution in [3.05, 3.63) is 274 Å². The predicted octanol–water partition coefficient (Wildman–Crippen LogP) is 12.2. The number of anilines is 3. The molecule has 418 valence electrons. The lowest BCUT2D eigenvalue weighted by Crippen LogP contribution is -2.21. The van der Waals surface area contributed by atoms with Crippen LogP contribution in [-0.4, -0.2) is 38.8 Å². The van der Waals surface area contributed by atoms with Gasteiger partial charge in [-0.25, -0.2) is 14.8 Å². The van der Waals surface area contributed by atoms with Crippen LogP contribution in [0.3, 0.4) is 0 Å². The van der Waals surface area contributed by atoms with E-state index in [0.717, 1.165) is 54.1 Å². The van der Waals surface area contributed by atoms with Crippen molar-refractivity contribution in [1.29, 1.82) is 0 Å². The van der Waals surface area contributed by atoms with Crippen LogP contribution in [0.15, 0.2) is 228 Å². The Hall–Kier alpha value is -9.17. The molecule has 0 radical (unpaired) electrons. The predicted molar refractivity (Wildman–Crippen MR) is 326 cm³/mol. The molecule has 3 amide bonds. The van der Waals surface area contributed by atoms with E-state index in [2.05, 4.69) is 110 Å². The Morgan fingerprint density at radius 2 is 0.988 bits per heavy atom. The number of nitrogens with two attached hydrogens (primary N) is 3. The van der Waals surface area contributed by atoms with Crippen molar-refractivity contribution in [3.63, 3.8) is 0 Å². The molecule has 4 saturated carbocycles. The van der Waals surface area contributed by atoms with Crippen molar-refractivity contribution in [2.75, 3.05) is 16.4 Å². The molecule has 14 rings (SSSR count). The number of para-hydroxylation sites is 4. The van der Waals surface area contributed by atoms with Crippen LogP contribution in [0.4, 0.5) is 17.1 Å². The van der Waals surface area contributed by atoms with E-state index in [-0.39, 0.29) is 40.0 Å². The molecule has 4 fully saturated rings. The molecule has 9 atom stereocenters. The van der Waals surface area contributed by atoms with Crippen LogP contribution < -0.4 is 33.4 Å². The Bertz CT molecular complexity index is 3850. The number of primary amides is 2. The lowest BCUT2D eigenvalue weighted by molar-refractivity contribution is -0.308. The zero-order chi connectivity index (χ0) is 58.0. The number of carbonyl (C=O) groups excluding carboxylic acids is 4. The van der Waals surface area contributed by atoms with Gasteiger partial charge in [-0.1, -0.05) is 188 Å². The van der Waals surface area contributed by atoms with Crippen molar-refractivity contribution in [1.82, 2.24) is 9.97 Å². The van der Waals surface area contributed by atoms with E-state index in [1.807, 2.05) is 97.1 Å². The average molecular weight is 1140 g/mol. The fourth-order valence-electron chi connectivity index (χ4n) is 10.6. The first-order valence-corrected chi connectivity index (χ1v) is 28.5. The van der Waals surface area contributed by atoms with Gasteiger partial charge in [0.1, 0.15) is 11.7 Å². The van der Waals surface area contributed by atoms with Gasteiger partial charge in [0.2, 0.25) is 5.91 Å². The molecule has 0 bridgehead atoms. The monoisotopic (exact) mass is 1140 g/mol. The summed E-state index contributed by atoms with van der Waals surface area (Å²) in [4.78, 5) is 69.3. The lowest BCUT2D eigenvalue weighted by atomic mass is 10.1. The highest BCUT2D eigenvalue weighted by Crippen LogP contribution is 2.54. The van der Waals surface area contributed by atoms with Crippen LogP contribution in [0.2, 0.25) is 0 Å². The number of halogens is 2. The normalized spacial score (nSPS) is 21.6. The molecule has 83 heavy (non-hydrogen) atoms. The first-order valence-electron chi connectivity index (χ1n) is 27.6. The summed E-state index contributed by atoms with van der Waals surface area (Å²) in [5, 5.41) is 6.85. The van der Waals surface area contributed by atoms with Gasteiger partial charge in [-0.15, -0.1) is 0 Å². The minimum Gasteiger partial charge on any atom is -0.398 e. The Kier molecular flexibility index (Phi) is 18.0. The zero-order valence-corrected chi connectivity index (χ0v) is 46.8. The fraction of sp³-hybridized carbons (Fsp3) is 0.191. The van der Waals surface area contributed by atoms with Crippen LogP contribution in [0.25, 0.3) is 10.9 Å². The second kappa shape index (κ2) is 26.2. The second-order valence-electron chi connectivity index (χ2n) is 21.1. The van der Waals surface area contributed by atoms with Gasteiger partial charge in [0.15, 0.2) is 17.1 Å². The summed E-state index contributed by atoms with van der Waals surface area (Å²) in [5.74, 6) is 3.44. The lowest BCUT2D eigenvalue weighted by Gasteiger charge is -2.21. The maximum atomic E-state index is 12.3. The number of nitrogen functional groups attached to an aromatic ring is 1. The molecule has 9 N–H and O–H groups in total. The Labute approximate surface area is 491 Å². The third kappa shape index (κ3) is 14.5. The number of carbonyl (C=O) groups is 4. The summed E-state index contributed by atoms with van der Waals surface area (Å²) >= 11 is 11.0. The number of rotatable bonds is 11. The standard InChI is InChI=1S/C17H15ClN2.C17H16N2O2.C17H14N2O.C10H10ClO.C7H8N2O/c18-16-12-8-4-5-9-15(12)19-17(20-16)14-10-13(14)11-6-2-1-3-7-11;18-16(20)12-8-4-5-9-15(12)19-17(21)14-10-13(14)11-6-2-1-3-7-11;20-17-12-8-4-5-9-15(12)18-16(19-17)14-10-13(14)11-6-2-1-3-7-11;11-10(12)9-6-8(9)7-4-2-1-3-5-7;8-6-4-2-1-3-5(6)7(9)10/h1-9,13-14,16H,10H2,(H,19,20);1-9,13-14H,10H2,(H2,18,20)(H,19,21);1-9,13-14H,10H2,(H,18,19,20);1-5,8-9,11H,6H2;1-4H,8H2,(H2,9,10)/q;;;+1;/t;13?,14-;;8?,9-;/m.1.1./s1. The molecule has 1 aliphatic heterocycles. The first-order chi connectivity index (χ1) is 40.3. The number of benzene rings is 8. The molecule has 8 aromatic carbocycles. The van der Waals surface area contributed by atoms with Crippen molar-refractivity contribution in [2.24, 2.45) is 34.2 Å². The van der Waals surface area contributed by atoms with Gasteiger partial charge in [-0.05, 0) is 108 Å². The molecule has 13 nitrogen and oxygen atoms in total. The highest BCUT2D eigenvalue weighted by atomic mass is 35.5. The number of nitrogens with zero attached hydrogens (tertiary/aromatic N) is 2. The molecule has 1 aromatic heterocycles. The Morgan fingerprint density at radius 1 is 0.518 bits per heavy atom. The van der Waals surface area contributed by atoms with E-state index in [4.69, 9.17) is 28.8 Å². The number of nitrogens with one attached hydrogen (secondary N) is 3. The number of H-pyrrole nitrogens is 1. The number of alkyl halides is 1. The van der Waals surface area contributed by atoms with Crippen LogP contribution in [0.5, 0.6) is 0 Å². The van der Waals surface area contributed by atoms with Gasteiger partial charge in [-0.2, -0.15) is 0 Å². The summed E-state index contributed by atoms with van der Waals surface area (Å²) in [6.45, 7) is 0. The maximum Gasteiger partial charge on any atom is 0.402 e. The third-order valence-electron chi connectivity index (χ3n) is 15.5. The van der Waals surface area contributed by atoms with E-state index in [1.165, 1.54) is 22.3 Å². The third-order valence-corrected chi connectivity index (χ3v) is 16.1. The molecule has 15 heteroatoms. The molecule has 2 heterocycles. The molecule has 9 aromatic rings. The van der Waals surface area contributed by atoms with Gasteiger partial charge in [0, 0.05) is 40.6 Å². The quantitative estimate of drug-likeness (QED) is 0.0315. The van der Waals surface area contributed by atoms with Crippen molar-refractivity contribution < 1.29 is 30.8 Å². The van der Waals surface area contributed by atoms with Crippen molar-refractivity contribution >= 4 is 68.4 Å². The largest absolute Gasteiger partial charge is 0.402 e. The fourth-order valence-corrected chi connectivity index (χ4v) is 11.2. The molecule has 0 spiro atoms. The highest BCUT2D eigenvalue weighted by Gasteiger charge is 2.48. The average Bonchev–Trinajstić information content (AvgIpc) is 3.87. The van der Waals surface area contributed by atoms with Crippen molar-refractivity contribution in [3.8, 4) is 0 Å². The number of fused-ring (bicyclic) bond motifs is 2. The number of aliphatic imine (C=N–C) groups is 1. The number of aromatic amines is 1. The SMILES string of the molecule is ClC1N=C(C2CC2c2ccccc2)Nc2ccccc21.NC(=O)c1ccccc1N.NC(=O)c1ccccc1NC(=O)[C@@H]1CC1c1ccccc1.O=C([ClH+])[C@@H]1CC1c1ccccc1.O=c1[nH]c(C2CC2c2ccccc2)nc2ccccc12. The molecule has 7 unspecified atom stereocenters. The van der Waals surface area contributed by atoms with E-state index >= 15 is 0 Å². The number of amides is 3. The Morgan fingerprint density at radius 3 is 1.55 bits per heavy atom. The molecule has 5 aliphatic rings. The van der Waals surface area contributed by atoms with Crippen LogP contribution >= 0.6 is 11.6 Å². The summed E-state index contributed by atoms with van der Waals surface area (Å²) in [5.41, 5.74) is 25.1. The molecule has 0 saturated heterocycles. The van der Waals surface area contributed by atoms with Gasteiger partial charge in [0.25, 0.3) is 17.4 Å². The maximum absolute atomic E-state index is 12.3. The molecule has 4 aliphatic carbocycles. The van der Waals surface area contributed by atoms with Crippen LogP contribution in [0.1, 0.15) is 115 Å².